The van der Waals surface area contributed by atoms with Crippen LogP contribution in [0.1, 0.15) is 12.8 Å². The van der Waals surface area contributed by atoms with Gasteiger partial charge in [0, 0.05) is 23.2 Å². The molecule has 2 aromatic rings. The number of aromatic nitrogens is 1. The zero-order chi connectivity index (χ0) is 16.4. The summed E-state index contributed by atoms with van der Waals surface area (Å²) in [6.45, 7) is 0.361. The van der Waals surface area contributed by atoms with Crippen molar-refractivity contribution >= 4 is 29.4 Å². The summed E-state index contributed by atoms with van der Waals surface area (Å²) in [6.07, 6.45) is 0.0658. The Morgan fingerprint density at radius 2 is 2.22 bits per heavy atom. The summed E-state index contributed by atoms with van der Waals surface area (Å²) < 4.78 is 5.19. The van der Waals surface area contributed by atoms with Crippen molar-refractivity contribution in [3.8, 4) is 11.3 Å². The number of hydrogen-bond donors (Lipinski definition) is 2. The average Bonchev–Trinajstić information content (AvgIpc) is 3.16. The van der Waals surface area contributed by atoms with Crippen molar-refractivity contribution in [2.75, 3.05) is 11.9 Å². The standard InChI is InChI=1S/C15H14ClN3O4/c16-10-4-1-3-9(7-10)12-8-13(18-23-12)17-14(20)11-5-2-6-19(11)15(21)22/h1,3-4,7-8,11H,2,5-6H2,(H,21,22)(H,17,18,20)/t11-/m0/s1. The smallest absolute Gasteiger partial charge is 0.407 e. The van der Waals surface area contributed by atoms with Crippen molar-refractivity contribution in [3.05, 3.63) is 35.4 Å². The van der Waals surface area contributed by atoms with E-state index in [4.69, 9.17) is 21.2 Å². The van der Waals surface area contributed by atoms with Crippen LogP contribution in [0.5, 0.6) is 0 Å². The zero-order valence-corrected chi connectivity index (χ0v) is 12.8. The monoisotopic (exact) mass is 335 g/mol. The van der Waals surface area contributed by atoms with E-state index in [1.807, 2.05) is 0 Å². The van der Waals surface area contributed by atoms with Crippen LogP contribution < -0.4 is 5.32 Å². The third-order valence-corrected chi connectivity index (χ3v) is 3.91. The molecule has 0 radical (unpaired) electrons. The van der Waals surface area contributed by atoms with Gasteiger partial charge in [0.1, 0.15) is 6.04 Å². The Morgan fingerprint density at radius 3 is 2.96 bits per heavy atom. The Bertz CT molecular complexity index is 746. The molecule has 3 rings (SSSR count). The number of halogens is 1. The molecule has 0 saturated carbocycles. The fourth-order valence-corrected chi connectivity index (χ4v) is 2.78. The lowest BCUT2D eigenvalue weighted by molar-refractivity contribution is -0.119. The van der Waals surface area contributed by atoms with Crippen LogP contribution >= 0.6 is 11.6 Å². The lowest BCUT2D eigenvalue weighted by Gasteiger charge is -2.19. The average molecular weight is 336 g/mol. The van der Waals surface area contributed by atoms with E-state index in [0.717, 1.165) is 10.5 Å². The number of rotatable bonds is 3. The van der Waals surface area contributed by atoms with E-state index in [2.05, 4.69) is 10.5 Å². The lowest BCUT2D eigenvalue weighted by Crippen LogP contribution is -2.42. The van der Waals surface area contributed by atoms with Gasteiger partial charge in [0.05, 0.1) is 0 Å². The van der Waals surface area contributed by atoms with Gasteiger partial charge in [-0.05, 0) is 25.0 Å². The number of anilines is 1. The highest BCUT2D eigenvalue weighted by Gasteiger charge is 2.34. The number of carboxylic acid groups (broad SMARTS) is 1. The van der Waals surface area contributed by atoms with Crippen LogP contribution in [-0.2, 0) is 4.79 Å². The molecule has 23 heavy (non-hydrogen) atoms. The number of nitrogens with zero attached hydrogens (tertiary/aromatic N) is 2. The zero-order valence-electron chi connectivity index (χ0n) is 12.0. The molecule has 1 saturated heterocycles. The number of benzene rings is 1. The van der Waals surface area contributed by atoms with Gasteiger partial charge in [-0.1, -0.05) is 28.9 Å². The van der Waals surface area contributed by atoms with Gasteiger partial charge in [0.25, 0.3) is 0 Å². The quantitative estimate of drug-likeness (QED) is 0.898. The minimum absolute atomic E-state index is 0.238. The third-order valence-electron chi connectivity index (χ3n) is 3.67. The largest absolute Gasteiger partial charge is 0.465 e. The van der Waals surface area contributed by atoms with Crippen molar-refractivity contribution < 1.29 is 19.2 Å². The molecule has 0 bridgehead atoms. The fourth-order valence-electron chi connectivity index (χ4n) is 2.59. The Kier molecular flexibility index (Phi) is 4.20. The number of carbonyl (C=O) groups excluding carboxylic acids is 1. The first kappa shape index (κ1) is 15.4. The van der Waals surface area contributed by atoms with Crippen molar-refractivity contribution in [3.63, 3.8) is 0 Å². The normalized spacial score (nSPS) is 17.3. The molecule has 2 heterocycles. The predicted molar refractivity (Wildman–Crippen MR) is 83.3 cm³/mol. The second-order valence-corrected chi connectivity index (χ2v) is 5.65. The topological polar surface area (TPSA) is 95.7 Å². The summed E-state index contributed by atoms with van der Waals surface area (Å²) in [4.78, 5) is 24.4. The molecule has 1 atom stereocenters. The molecule has 2 N–H and O–H groups in total. The van der Waals surface area contributed by atoms with Crippen LogP contribution in [0.25, 0.3) is 11.3 Å². The SMILES string of the molecule is O=C(Nc1cc(-c2cccc(Cl)c2)on1)[C@@H]1CCCN1C(=O)O. The van der Waals surface area contributed by atoms with Crippen molar-refractivity contribution in [1.29, 1.82) is 0 Å². The molecule has 0 aliphatic carbocycles. The van der Waals surface area contributed by atoms with Gasteiger partial charge in [-0.15, -0.1) is 0 Å². The minimum Gasteiger partial charge on any atom is -0.465 e. The predicted octanol–water partition coefficient (Wildman–Crippen LogP) is 3.08. The molecule has 0 spiro atoms. The molecule has 120 valence electrons. The first-order valence-corrected chi connectivity index (χ1v) is 7.45. The number of carbonyl (C=O) groups is 2. The molecule has 1 aromatic carbocycles. The molecular formula is C15H14ClN3O4. The van der Waals surface area contributed by atoms with E-state index < -0.39 is 18.0 Å². The molecular weight excluding hydrogens is 322 g/mol. The van der Waals surface area contributed by atoms with Gasteiger partial charge in [-0.2, -0.15) is 0 Å². The third kappa shape index (κ3) is 3.29. The van der Waals surface area contributed by atoms with Crippen LogP contribution in [0.2, 0.25) is 5.02 Å². The Hall–Kier alpha value is -2.54. The Balaban J connectivity index is 1.72. The molecule has 0 unspecified atom stereocenters. The van der Waals surface area contributed by atoms with Crippen LogP contribution in [0, 0.1) is 0 Å². The van der Waals surface area contributed by atoms with E-state index in [1.165, 1.54) is 0 Å². The number of nitrogens with one attached hydrogen (secondary N) is 1. The highest BCUT2D eigenvalue weighted by molar-refractivity contribution is 6.30. The van der Waals surface area contributed by atoms with Crippen molar-refractivity contribution in [1.82, 2.24) is 10.1 Å². The Labute approximate surface area is 136 Å². The maximum absolute atomic E-state index is 12.2. The molecule has 1 fully saturated rings. The van der Waals surface area contributed by atoms with E-state index >= 15 is 0 Å². The molecule has 7 nitrogen and oxygen atoms in total. The van der Waals surface area contributed by atoms with Crippen molar-refractivity contribution in [2.24, 2.45) is 0 Å². The first-order chi connectivity index (χ1) is 11.0. The summed E-state index contributed by atoms with van der Waals surface area (Å²) in [5.74, 6) is 0.294. The van der Waals surface area contributed by atoms with Crippen LogP contribution in [0.3, 0.4) is 0 Å². The molecule has 1 aliphatic heterocycles. The van der Waals surface area contributed by atoms with Gasteiger partial charge >= 0.3 is 6.09 Å². The number of likely N-dealkylation sites (tertiary alicyclic amines) is 1. The molecule has 8 heteroatoms. The van der Waals surface area contributed by atoms with Gasteiger partial charge in [-0.25, -0.2) is 4.79 Å². The highest BCUT2D eigenvalue weighted by atomic mass is 35.5. The lowest BCUT2D eigenvalue weighted by atomic mass is 10.2. The van der Waals surface area contributed by atoms with Gasteiger partial charge in [-0.3, -0.25) is 9.69 Å². The maximum Gasteiger partial charge on any atom is 0.407 e. The van der Waals surface area contributed by atoms with Crippen LogP contribution in [0.4, 0.5) is 10.6 Å². The van der Waals surface area contributed by atoms with Gasteiger partial charge < -0.3 is 14.9 Å². The van der Waals surface area contributed by atoms with E-state index in [0.29, 0.717) is 30.2 Å². The van der Waals surface area contributed by atoms with E-state index in [1.54, 1.807) is 30.3 Å². The van der Waals surface area contributed by atoms with Gasteiger partial charge in [0.15, 0.2) is 11.6 Å². The highest BCUT2D eigenvalue weighted by Crippen LogP contribution is 2.25. The Morgan fingerprint density at radius 1 is 1.39 bits per heavy atom. The number of hydrogen-bond acceptors (Lipinski definition) is 4. The molecule has 2 amide bonds. The molecule has 1 aliphatic rings. The first-order valence-electron chi connectivity index (χ1n) is 7.07. The van der Waals surface area contributed by atoms with Crippen LogP contribution in [-0.4, -0.2) is 39.8 Å². The summed E-state index contributed by atoms with van der Waals surface area (Å²) >= 11 is 5.92. The van der Waals surface area contributed by atoms with E-state index in [-0.39, 0.29) is 5.82 Å². The second-order valence-electron chi connectivity index (χ2n) is 5.21. The maximum atomic E-state index is 12.2. The number of amides is 2. The summed E-state index contributed by atoms with van der Waals surface area (Å²) in [7, 11) is 0. The second kappa shape index (κ2) is 6.29. The summed E-state index contributed by atoms with van der Waals surface area (Å²) in [5, 5.41) is 16.0. The summed E-state index contributed by atoms with van der Waals surface area (Å²) in [5.41, 5.74) is 0.735. The van der Waals surface area contributed by atoms with Gasteiger partial charge in [0.2, 0.25) is 5.91 Å². The summed E-state index contributed by atoms with van der Waals surface area (Å²) in [6, 6.07) is 7.92. The minimum atomic E-state index is -1.09. The van der Waals surface area contributed by atoms with Crippen LogP contribution in [0.15, 0.2) is 34.9 Å². The molecule has 1 aromatic heterocycles. The van der Waals surface area contributed by atoms with E-state index in [9.17, 15) is 9.59 Å². The van der Waals surface area contributed by atoms with Crippen molar-refractivity contribution in [2.45, 2.75) is 18.9 Å². The fraction of sp³-hybridized carbons (Fsp3) is 0.267.